The summed E-state index contributed by atoms with van der Waals surface area (Å²) in [5, 5.41) is 1.21. The highest BCUT2D eigenvalue weighted by Gasteiger charge is 2.44. The third-order valence-electron chi connectivity index (χ3n) is 5.66. The second kappa shape index (κ2) is 5.85. The van der Waals surface area contributed by atoms with Crippen molar-refractivity contribution in [3.63, 3.8) is 0 Å². The van der Waals surface area contributed by atoms with Gasteiger partial charge in [0.1, 0.15) is 11.9 Å². The Kier molecular flexibility index (Phi) is 3.26. The largest absolute Gasteiger partial charge is 0.361 e. The van der Waals surface area contributed by atoms with E-state index in [4.69, 9.17) is 10.8 Å². The number of aliphatic imine (C=N–C) groups is 2. The van der Waals surface area contributed by atoms with Gasteiger partial charge in [-0.1, -0.05) is 48.6 Å². The predicted molar refractivity (Wildman–Crippen MR) is 117 cm³/mol. The van der Waals surface area contributed by atoms with E-state index < -0.39 is 0 Å². The van der Waals surface area contributed by atoms with E-state index in [0.29, 0.717) is 0 Å². The molecule has 3 heterocycles. The topological polar surface area (TPSA) is 66.5 Å². The Balaban J connectivity index is 1.42. The lowest BCUT2D eigenvalue weighted by Crippen LogP contribution is -2.53. The van der Waals surface area contributed by atoms with Crippen LogP contribution in [0.25, 0.3) is 22.0 Å². The fourth-order valence-corrected chi connectivity index (χ4v) is 4.05. The van der Waals surface area contributed by atoms with Gasteiger partial charge in [0.25, 0.3) is 5.84 Å². The normalized spacial score (nSPS) is 22.0. The summed E-state index contributed by atoms with van der Waals surface area (Å²) in [5.74, 6) is 7.56. The summed E-state index contributed by atoms with van der Waals surface area (Å²) < 4.78 is 0.0381. The lowest BCUT2D eigenvalue weighted by Gasteiger charge is -2.26. The number of benzene rings is 2. The predicted octanol–water partition coefficient (Wildman–Crippen LogP) is 4.55. The molecule has 0 radical (unpaired) electrons. The fourth-order valence-electron chi connectivity index (χ4n) is 4.05. The van der Waals surface area contributed by atoms with Crippen molar-refractivity contribution in [2.24, 2.45) is 15.8 Å². The van der Waals surface area contributed by atoms with E-state index >= 15 is 0 Å². The summed E-state index contributed by atoms with van der Waals surface area (Å²) in [6, 6.07) is 16.8. The molecule has 2 aliphatic heterocycles. The van der Waals surface area contributed by atoms with Crippen LogP contribution in [0.3, 0.4) is 0 Å². The van der Waals surface area contributed by atoms with Crippen LogP contribution in [0.4, 0.5) is 0 Å². The first-order valence-electron chi connectivity index (χ1n) is 9.52. The molecule has 3 N–H and O–H groups in total. The smallest absolute Gasteiger partial charge is 0.265 e. The molecule has 0 saturated carbocycles. The van der Waals surface area contributed by atoms with Gasteiger partial charge in [0.15, 0.2) is 0 Å². The number of amidine groups is 1. The number of para-hydroxylation sites is 1. The van der Waals surface area contributed by atoms with Crippen molar-refractivity contribution in [3.8, 4) is 11.1 Å². The van der Waals surface area contributed by atoms with Gasteiger partial charge < -0.3 is 4.98 Å². The number of hydrogen-bond donors (Lipinski definition) is 2. The zero-order valence-corrected chi connectivity index (χ0v) is 15.6. The van der Waals surface area contributed by atoms with Gasteiger partial charge in [0.05, 0.1) is 18.0 Å². The molecular formula is C24H18N5+. The van der Waals surface area contributed by atoms with Gasteiger partial charge in [-0.25, -0.2) is 0 Å². The molecule has 2 aromatic carbocycles. The van der Waals surface area contributed by atoms with Crippen LogP contribution >= 0.6 is 0 Å². The molecule has 5 heteroatoms. The molecule has 0 bridgehead atoms. The third kappa shape index (κ3) is 2.29. The van der Waals surface area contributed by atoms with Gasteiger partial charge in [0, 0.05) is 28.2 Å². The lowest BCUT2D eigenvalue weighted by atomic mass is 10.0. The van der Waals surface area contributed by atoms with Gasteiger partial charge in [-0.2, -0.15) is 10.8 Å². The summed E-state index contributed by atoms with van der Waals surface area (Å²) in [6.45, 7) is 0. The van der Waals surface area contributed by atoms with Gasteiger partial charge in [0.2, 0.25) is 5.70 Å². The molecule has 1 aliphatic carbocycles. The van der Waals surface area contributed by atoms with E-state index in [-0.39, 0.29) is 4.59 Å². The van der Waals surface area contributed by atoms with E-state index in [1.165, 1.54) is 10.9 Å². The van der Waals surface area contributed by atoms with Crippen LogP contribution in [-0.2, 0) is 0 Å². The van der Waals surface area contributed by atoms with Crippen LogP contribution in [0.1, 0.15) is 5.56 Å². The molecule has 0 fully saturated rings. The van der Waals surface area contributed by atoms with Crippen molar-refractivity contribution < 1.29 is 4.59 Å². The minimum absolute atomic E-state index is 0.0381. The average molecular weight is 376 g/mol. The number of aromatic amines is 1. The third-order valence-corrected chi connectivity index (χ3v) is 5.66. The standard InChI is InChI=1S/C24H18N5/c25-29-13-12-26-15-22(29)23(17-4-3-5-17)28-24(29)18-10-8-16(9-11-18)20-14-27-21-7-2-1-6-19(20)21/h1-15,27H,25H2/q+1. The number of quaternary nitrogens is 1. The van der Waals surface area contributed by atoms with Crippen molar-refractivity contribution >= 4 is 23.0 Å². The number of allylic oxidation sites excluding steroid dienone is 4. The average Bonchev–Trinajstić information content (AvgIpc) is 3.26. The SMILES string of the molecule is N[N+]12C=CN=CC1=C(C1=CC=C1)N=C2c1ccc(-c2c[nH]c3ccccc23)cc1. The highest BCUT2D eigenvalue weighted by molar-refractivity contribution is 6.02. The Bertz CT molecular complexity index is 1350. The zero-order valence-electron chi connectivity index (χ0n) is 15.6. The van der Waals surface area contributed by atoms with Gasteiger partial charge in [-0.15, -0.1) is 4.59 Å². The first-order valence-corrected chi connectivity index (χ1v) is 9.52. The lowest BCUT2D eigenvalue weighted by molar-refractivity contribution is -0.750. The molecule has 0 spiro atoms. The van der Waals surface area contributed by atoms with Crippen molar-refractivity contribution in [1.29, 1.82) is 0 Å². The second-order valence-corrected chi connectivity index (χ2v) is 7.33. The first kappa shape index (κ1) is 16.2. The minimum atomic E-state index is 0.0381. The van der Waals surface area contributed by atoms with E-state index in [1.54, 1.807) is 12.4 Å². The summed E-state index contributed by atoms with van der Waals surface area (Å²) in [4.78, 5) is 12.5. The number of nitrogens with zero attached hydrogens (tertiary/aromatic N) is 3. The van der Waals surface area contributed by atoms with Crippen LogP contribution in [0, 0.1) is 0 Å². The number of aromatic nitrogens is 1. The minimum Gasteiger partial charge on any atom is -0.361 e. The number of nitrogens with two attached hydrogens (primary N) is 1. The van der Waals surface area contributed by atoms with E-state index in [0.717, 1.165) is 39.4 Å². The van der Waals surface area contributed by atoms with Crippen LogP contribution in [0.2, 0.25) is 0 Å². The van der Waals surface area contributed by atoms with Crippen molar-refractivity contribution in [3.05, 3.63) is 108 Å². The van der Waals surface area contributed by atoms with E-state index in [1.807, 2.05) is 30.5 Å². The Hall–Kier alpha value is -3.80. The Morgan fingerprint density at radius 3 is 2.55 bits per heavy atom. The van der Waals surface area contributed by atoms with Crippen LogP contribution < -0.4 is 5.84 Å². The molecular weight excluding hydrogens is 358 g/mol. The molecule has 1 unspecified atom stereocenters. The maximum Gasteiger partial charge on any atom is 0.265 e. The molecule has 29 heavy (non-hydrogen) atoms. The number of rotatable bonds is 3. The van der Waals surface area contributed by atoms with E-state index in [9.17, 15) is 0 Å². The summed E-state index contributed by atoms with van der Waals surface area (Å²) in [5.41, 5.74) is 7.33. The van der Waals surface area contributed by atoms with E-state index in [2.05, 4.69) is 58.6 Å². The van der Waals surface area contributed by atoms with Crippen molar-refractivity contribution in [2.75, 3.05) is 0 Å². The number of nitrogens with one attached hydrogen (secondary N) is 1. The fraction of sp³-hybridized carbons (Fsp3) is 0. The van der Waals surface area contributed by atoms with Gasteiger partial charge in [-0.3, -0.25) is 4.99 Å². The molecule has 1 atom stereocenters. The number of H-pyrrole nitrogens is 1. The molecule has 3 aromatic rings. The molecule has 6 rings (SSSR count). The first-order chi connectivity index (χ1) is 14.2. The van der Waals surface area contributed by atoms with Gasteiger partial charge >= 0.3 is 0 Å². The summed E-state index contributed by atoms with van der Waals surface area (Å²) in [6.07, 6.45) is 13.6. The second-order valence-electron chi connectivity index (χ2n) is 7.33. The Labute approximate surface area is 167 Å². The molecule has 138 valence electrons. The number of fused-ring (bicyclic) bond motifs is 2. The molecule has 5 nitrogen and oxygen atoms in total. The quantitative estimate of drug-likeness (QED) is 0.511. The molecule has 0 amide bonds. The monoisotopic (exact) mass is 376 g/mol. The van der Waals surface area contributed by atoms with Crippen molar-refractivity contribution in [2.45, 2.75) is 0 Å². The highest BCUT2D eigenvalue weighted by Crippen LogP contribution is 2.36. The van der Waals surface area contributed by atoms with Crippen LogP contribution in [0.15, 0.2) is 112 Å². The maximum absolute atomic E-state index is 6.77. The zero-order chi connectivity index (χ0) is 19.4. The molecule has 0 saturated heterocycles. The Morgan fingerprint density at radius 1 is 0.966 bits per heavy atom. The highest BCUT2D eigenvalue weighted by atomic mass is 15.6. The maximum atomic E-state index is 6.77. The summed E-state index contributed by atoms with van der Waals surface area (Å²) >= 11 is 0. The van der Waals surface area contributed by atoms with Gasteiger partial charge in [-0.05, 0) is 23.8 Å². The molecule has 3 aliphatic rings. The summed E-state index contributed by atoms with van der Waals surface area (Å²) in [7, 11) is 0. The van der Waals surface area contributed by atoms with Crippen LogP contribution in [-0.4, -0.2) is 21.6 Å². The molecule has 1 aromatic heterocycles. The van der Waals surface area contributed by atoms with Crippen molar-refractivity contribution in [1.82, 2.24) is 4.98 Å². The van der Waals surface area contributed by atoms with Crippen LogP contribution in [0.5, 0.6) is 0 Å². The Morgan fingerprint density at radius 2 is 1.76 bits per heavy atom. The number of hydrogen-bond acceptors (Lipinski definition) is 3.